The molecule has 0 amide bonds. The highest BCUT2D eigenvalue weighted by Crippen LogP contribution is 2.38. The van der Waals surface area contributed by atoms with Gasteiger partial charge in [-0.15, -0.1) is 0 Å². The fraction of sp³-hybridized carbons (Fsp3) is 0.500. The van der Waals surface area contributed by atoms with Crippen LogP contribution in [-0.4, -0.2) is 0 Å². The highest BCUT2D eigenvalue weighted by molar-refractivity contribution is 5.75. The van der Waals surface area contributed by atoms with E-state index in [0.29, 0.717) is 17.0 Å². The van der Waals surface area contributed by atoms with Gasteiger partial charge in [-0.3, -0.25) is 0 Å². The lowest BCUT2D eigenvalue weighted by Crippen LogP contribution is -2.20. The van der Waals surface area contributed by atoms with E-state index in [9.17, 15) is 8.78 Å². The van der Waals surface area contributed by atoms with E-state index in [0.717, 1.165) is 23.8 Å². The first-order valence-corrected chi connectivity index (χ1v) is 8.39. The first kappa shape index (κ1) is 15.5. The van der Waals surface area contributed by atoms with Crippen molar-refractivity contribution in [1.82, 2.24) is 0 Å². The van der Waals surface area contributed by atoms with Gasteiger partial charge in [0, 0.05) is 5.56 Å². The average molecular weight is 302 g/mol. The Kier molecular flexibility index (Phi) is 4.46. The maximum Gasteiger partial charge on any atom is 0.166 e. The summed E-state index contributed by atoms with van der Waals surface area (Å²) in [6, 6.07) is 3.34. The summed E-state index contributed by atoms with van der Waals surface area (Å²) in [5.41, 5.74) is 1.56. The Hall–Kier alpha value is -1.44. The van der Waals surface area contributed by atoms with E-state index in [4.69, 9.17) is 0 Å². The maximum absolute atomic E-state index is 14.1. The fourth-order valence-corrected chi connectivity index (χ4v) is 3.77. The molecule has 3 rings (SSSR count). The topological polar surface area (TPSA) is 0 Å². The molecule has 0 bridgehead atoms. The summed E-state index contributed by atoms with van der Waals surface area (Å²) in [6.45, 7) is 3.92. The number of rotatable bonds is 2. The Morgan fingerprint density at radius 1 is 1.00 bits per heavy atom. The van der Waals surface area contributed by atoms with E-state index in [1.54, 1.807) is 19.1 Å². The van der Waals surface area contributed by atoms with Crippen molar-refractivity contribution < 1.29 is 8.78 Å². The third-order valence-electron chi connectivity index (χ3n) is 5.39. The molecule has 0 heterocycles. The van der Waals surface area contributed by atoms with Crippen molar-refractivity contribution in [2.24, 2.45) is 17.8 Å². The molecule has 2 heteroatoms. The van der Waals surface area contributed by atoms with Gasteiger partial charge in [0.05, 0.1) is 0 Å². The highest BCUT2D eigenvalue weighted by Gasteiger charge is 2.25. The minimum Gasteiger partial charge on any atom is -0.203 e. The molecule has 0 spiro atoms. The van der Waals surface area contributed by atoms with Gasteiger partial charge in [-0.1, -0.05) is 50.1 Å². The van der Waals surface area contributed by atoms with E-state index in [1.807, 2.05) is 6.08 Å². The number of hydrogen-bond acceptors (Lipinski definition) is 0. The lowest BCUT2D eigenvalue weighted by atomic mass is 9.73. The van der Waals surface area contributed by atoms with Crippen LogP contribution in [0.5, 0.6) is 0 Å². The number of aryl methyl sites for hydroxylation is 1. The predicted molar refractivity (Wildman–Crippen MR) is 87.4 cm³/mol. The van der Waals surface area contributed by atoms with Gasteiger partial charge in [-0.2, -0.15) is 0 Å². The lowest BCUT2D eigenvalue weighted by Gasteiger charge is -2.32. The second-order valence-corrected chi connectivity index (χ2v) is 7.00. The van der Waals surface area contributed by atoms with Gasteiger partial charge in [0.15, 0.2) is 11.6 Å². The first-order chi connectivity index (χ1) is 10.6. The van der Waals surface area contributed by atoms with Gasteiger partial charge < -0.3 is 0 Å². The molecule has 22 heavy (non-hydrogen) atoms. The van der Waals surface area contributed by atoms with E-state index in [1.165, 1.54) is 25.7 Å². The minimum atomic E-state index is -0.727. The Bertz CT molecular complexity index is 604. The number of benzene rings is 1. The zero-order valence-corrected chi connectivity index (χ0v) is 13.4. The number of halogens is 2. The third-order valence-corrected chi connectivity index (χ3v) is 5.39. The van der Waals surface area contributed by atoms with Crippen LogP contribution in [0, 0.1) is 36.3 Å². The van der Waals surface area contributed by atoms with Crippen molar-refractivity contribution in [1.29, 1.82) is 0 Å². The Balaban J connectivity index is 1.72. The lowest BCUT2D eigenvalue weighted by molar-refractivity contribution is 0.240. The van der Waals surface area contributed by atoms with Crippen molar-refractivity contribution in [3.05, 3.63) is 53.1 Å². The molecule has 1 aromatic carbocycles. The second-order valence-electron chi connectivity index (χ2n) is 7.00. The highest BCUT2D eigenvalue weighted by atomic mass is 19.2. The van der Waals surface area contributed by atoms with Crippen LogP contribution >= 0.6 is 0 Å². The van der Waals surface area contributed by atoms with Crippen molar-refractivity contribution in [3.63, 3.8) is 0 Å². The zero-order valence-electron chi connectivity index (χ0n) is 13.4. The number of hydrogen-bond donors (Lipinski definition) is 0. The van der Waals surface area contributed by atoms with E-state index < -0.39 is 11.6 Å². The minimum absolute atomic E-state index is 0.357. The van der Waals surface area contributed by atoms with Gasteiger partial charge in [-0.25, -0.2) is 8.78 Å². The summed E-state index contributed by atoms with van der Waals surface area (Å²) in [6.07, 6.45) is 12.5. The fourth-order valence-electron chi connectivity index (χ4n) is 3.77. The summed E-state index contributed by atoms with van der Waals surface area (Å²) in [4.78, 5) is 0. The molecule has 1 saturated carbocycles. The molecule has 0 radical (unpaired) electrons. The van der Waals surface area contributed by atoms with Crippen LogP contribution in [0.4, 0.5) is 8.78 Å². The van der Waals surface area contributed by atoms with Crippen molar-refractivity contribution >= 4 is 5.57 Å². The van der Waals surface area contributed by atoms with Crippen molar-refractivity contribution in [3.8, 4) is 0 Å². The summed E-state index contributed by atoms with van der Waals surface area (Å²) >= 11 is 0. The van der Waals surface area contributed by atoms with Crippen LogP contribution in [0.25, 0.3) is 5.57 Å². The van der Waals surface area contributed by atoms with Crippen LogP contribution in [-0.2, 0) is 0 Å². The van der Waals surface area contributed by atoms with Crippen LogP contribution in [0.3, 0.4) is 0 Å². The summed E-state index contributed by atoms with van der Waals surface area (Å²) in [5, 5.41) is 0. The molecule has 0 N–H and O–H groups in total. The molecule has 1 aromatic rings. The molecular weight excluding hydrogens is 278 g/mol. The molecule has 118 valence electrons. The molecule has 0 saturated heterocycles. The molecule has 1 fully saturated rings. The van der Waals surface area contributed by atoms with Crippen LogP contribution in [0.15, 0.2) is 30.4 Å². The van der Waals surface area contributed by atoms with Gasteiger partial charge in [-0.05, 0) is 55.1 Å². The normalized spacial score (nSPS) is 28.5. The predicted octanol–water partition coefficient (Wildman–Crippen LogP) is 6.06. The SMILES string of the molecule is Cc1ccc(C2=CCC(C3CCC(C)CC3)C=C2)c(F)c1F. The summed E-state index contributed by atoms with van der Waals surface area (Å²) < 4.78 is 27.8. The van der Waals surface area contributed by atoms with Gasteiger partial charge >= 0.3 is 0 Å². The van der Waals surface area contributed by atoms with Crippen LogP contribution in [0.1, 0.15) is 50.2 Å². The van der Waals surface area contributed by atoms with Gasteiger partial charge in [0.2, 0.25) is 0 Å². The van der Waals surface area contributed by atoms with Crippen molar-refractivity contribution in [2.45, 2.75) is 46.0 Å². The molecular formula is C20H24F2. The van der Waals surface area contributed by atoms with E-state index in [-0.39, 0.29) is 0 Å². The van der Waals surface area contributed by atoms with E-state index >= 15 is 0 Å². The monoisotopic (exact) mass is 302 g/mol. The van der Waals surface area contributed by atoms with Crippen LogP contribution < -0.4 is 0 Å². The average Bonchev–Trinajstić information content (AvgIpc) is 2.54. The molecule has 0 aromatic heterocycles. The third kappa shape index (κ3) is 3.02. The smallest absolute Gasteiger partial charge is 0.166 e. The Morgan fingerprint density at radius 2 is 1.73 bits per heavy atom. The quantitative estimate of drug-likeness (QED) is 0.623. The van der Waals surface area contributed by atoms with Gasteiger partial charge in [0.25, 0.3) is 0 Å². The van der Waals surface area contributed by atoms with E-state index in [2.05, 4.69) is 19.1 Å². The first-order valence-electron chi connectivity index (χ1n) is 8.39. The molecule has 1 unspecified atom stereocenters. The second kappa shape index (κ2) is 6.36. The molecule has 0 aliphatic heterocycles. The number of allylic oxidation sites excluding steroid dienone is 4. The largest absolute Gasteiger partial charge is 0.203 e. The van der Waals surface area contributed by atoms with Gasteiger partial charge in [0.1, 0.15) is 0 Å². The standard InChI is InChI=1S/C20H24F2/c1-13-3-6-15(7-4-13)16-8-10-17(11-9-16)18-12-5-14(2)19(21)20(18)22/h5,8,10-13,15-16H,3-4,6-7,9H2,1-2H3. The van der Waals surface area contributed by atoms with Crippen molar-refractivity contribution in [2.75, 3.05) is 0 Å². The van der Waals surface area contributed by atoms with Crippen LogP contribution in [0.2, 0.25) is 0 Å². The summed E-state index contributed by atoms with van der Waals surface area (Å²) in [7, 11) is 0. The molecule has 2 aliphatic carbocycles. The maximum atomic E-state index is 14.1. The Labute approximate surface area is 131 Å². The summed E-state index contributed by atoms with van der Waals surface area (Å²) in [5.74, 6) is 0.732. The Morgan fingerprint density at radius 3 is 2.36 bits per heavy atom. The molecule has 2 aliphatic rings. The molecule has 1 atom stereocenters. The zero-order chi connectivity index (χ0) is 15.7. The molecule has 0 nitrogen and oxygen atoms in total.